The van der Waals surface area contributed by atoms with Gasteiger partial charge in [0.25, 0.3) is 0 Å². The second-order valence-corrected chi connectivity index (χ2v) is 11.8. The highest BCUT2D eigenvalue weighted by atomic mass is 79.9. The summed E-state index contributed by atoms with van der Waals surface area (Å²) in [6.07, 6.45) is 9.16. The van der Waals surface area contributed by atoms with Gasteiger partial charge in [-0.1, -0.05) is 56.1 Å². The molecular weight excluding hydrogens is 512 g/mol. The zero-order chi connectivity index (χ0) is 20.9. The van der Waals surface area contributed by atoms with Gasteiger partial charge in [-0.15, -0.1) is 0 Å². The molecule has 2 fully saturated rings. The minimum Gasteiger partial charge on any atom is -0.300 e. The fourth-order valence-electron chi connectivity index (χ4n) is 7.34. The van der Waals surface area contributed by atoms with Crippen LogP contribution in [-0.2, 0) is 12.8 Å². The van der Waals surface area contributed by atoms with Crippen molar-refractivity contribution >= 4 is 31.9 Å². The van der Waals surface area contributed by atoms with Crippen LogP contribution < -0.4 is 0 Å². The topological polar surface area (TPSA) is 6.48 Å². The van der Waals surface area contributed by atoms with Gasteiger partial charge in [0.05, 0.1) is 0 Å². The maximum atomic E-state index is 3.86. The van der Waals surface area contributed by atoms with Gasteiger partial charge in [-0.3, -0.25) is 9.80 Å². The minimum absolute atomic E-state index is 0.739. The molecule has 0 amide bonds. The van der Waals surface area contributed by atoms with Crippen molar-refractivity contribution in [3.8, 4) is 0 Å². The van der Waals surface area contributed by atoms with E-state index in [4.69, 9.17) is 0 Å². The SMILES string of the molecule is Brc1cccc2c1[C@@H]1CCN(CCCN3CC[C@H]4c5c(Br)cccc5CC[C@H]43)[C@@H]1CC2. The summed E-state index contributed by atoms with van der Waals surface area (Å²) in [5.74, 6) is 1.48. The molecule has 2 aliphatic heterocycles. The van der Waals surface area contributed by atoms with Gasteiger partial charge < -0.3 is 0 Å². The molecule has 164 valence electrons. The van der Waals surface area contributed by atoms with Gasteiger partial charge in [0.2, 0.25) is 0 Å². The van der Waals surface area contributed by atoms with E-state index in [2.05, 4.69) is 78.1 Å². The van der Waals surface area contributed by atoms with Crippen molar-refractivity contribution in [2.75, 3.05) is 26.2 Å². The van der Waals surface area contributed by atoms with E-state index in [0.29, 0.717) is 0 Å². The monoisotopic (exact) mass is 542 g/mol. The lowest BCUT2D eigenvalue weighted by Crippen LogP contribution is -2.39. The molecule has 2 heterocycles. The molecule has 2 nitrogen and oxygen atoms in total. The average molecular weight is 544 g/mol. The lowest BCUT2D eigenvalue weighted by molar-refractivity contribution is 0.186. The number of hydrogen-bond donors (Lipinski definition) is 0. The smallest absolute Gasteiger partial charge is 0.0213 e. The summed E-state index contributed by atoms with van der Waals surface area (Å²) in [5.41, 5.74) is 6.42. The maximum absolute atomic E-state index is 3.86. The molecule has 0 N–H and O–H groups in total. The van der Waals surface area contributed by atoms with E-state index in [9.17, 15) is 0 Å². The number of likely N-dealkylation sites (tertiary alicyclic amines) is 2. The van der Waals surface area contributed by atoms with Crippen molar-refractivity contribution in [2.45, 2.75) is 68.9 Å². The largest absolute Gasteiger partial charge is 0.300 e. The summed E-state index contributed by atoms with van der Waals surface area (Å²) < 4.78 is 2.68. The Balaban J connectivity index is 1.08. The van der Waals surface area contributed by atoms with Crippen molar-refractivity contribution in [3.05, 3.63) is 67.6 Å². The molecule has 4 aliphatic rings. The summed E-state index contributed by atoms with van der Waals surface area (Å²) in [4.78, 5) is 5.65. The number of fused-ring (bicyclic) bond motifs is 6. The first-order valence-corrected chi connectivity index (χ1v) is 13.8. The highest BCUT2D eigenvalue weighted by Crippen LogP contribution is 2.46. The molecule has 2 aliphatic carbocycles. The van der Waals surface area contributed by atoms with Gasteiger partial charge in [0.1, 0.15) is 0 Å². The second kappa shape index (κ2) is 8.59. The van der Waals surface area contributed by atoms with Crippen molar-refractivity contribution < 1.29 is 0 Å². The number of aryl methyl sites for hydroxylation is 2. The van der Waals surface area contributed by atoms with Crippen LogP contribution in [0.5, 0.6) is 0 Å². The Kier molecular flexibility index (Phi) is 5.79. The van der Waals surface area contributed by atoms with Crippen LogP contribution in [0.1, 0.15) is 66.2 Å². The molecule has 0 radical (unpaired) electrons. The first kappa shape index (κ1) is 20.9. The van der Waals surface area contributed by atoms with Gasteiger partial charge in [-0.05, 0) is 106 Å². The Labute approximate surface area is 203 Å². The molecule has 0 unspecified atom stereocenters. The predicted molar refractivity (Wildman–Crippen MR) is 135 cm³/mol. The van der Waals surface area contributed by atoms with Crippen LogP contribution in [0.2, 0.25) is 0 Å². The number of benzene rings is 2. The van der Waals surface area contributed by atoms with Crippen LogP contribution in [0.4, 0.5) is 0 Å². The van der Waals surface area contributed by atoms with E-state index in [1.165, 1.54) is 80.1 Å². The van der Waals surface area contributed by atoms with E-state index in [1.807, 2.05) is 0 Å². The number of halogens is 2. The van der Waals surface area contributed by atoms with Crippen LogP contribution in [0, 0.1) is 0 Å². The van der Waals surface area contributed by atoms with Gasteiger partial charge in [0.15, 0.2) is 0 Å². The summed E-state index contributed by atoms with van der Waals surface area (Å²) >= 11 is 7.71. The summed E-state index contributed by atoms with van der Waals surface area (Å²) in [5, 5.41) is 0. The van der Waals surface area contributed by atoms with E-state index >= 15 is 0 Å². The van der Waals surface area contributed by atoms with E-state index in [1.54, 1.807) is 22.3 Å². The van der Waals surface area contributed by atoms with Crippen molar-refractivity contribution in [1.82, 2.24) is 9.80 Å². The van der Waals surface area contributed by atoms with Crippen LogP contribution in [-0.4, -0.2) is 48.1 Å². The highest BCUT2D eigenvalue weighted by molar-refractivity contribution is 9.10. The van der Waals surface area contributed by atoms with Gasteiger partial charge in [0, 0.05) is 32.9 Å². The van der Waals surface area contributed by atoms with E-state index < -0.39 is 0 Å². The lowest BCUT2D eigenvalue weighted by Gasteiger charge is -2.36. The van der Waals surface area contributed by atoms with Crippen LogP contribution >= 0.6 is 31.9 Å². The molecule has 31 heavy (non-hydrogen) atoms. The number of nitrogens with zero attached hydrogens (tertiary/aromatic N) is 2. The standard InChI is InChI=1S/C27H32Br2N2/c28-22-6-1-4-18-8-10-24-20(26(18)22)12-16-30(24)14-3-15-31-17-13-21-25(31)11-9-19-5-2-7-23(29)27(19)21/h1-2,4-7,20-21,24-25H,3,8-17H2/t20-,21-,24-,25-/m1/s1. The molecule has 0 bridgehead atoms. The molecule has 0 spiro atoms. The molecular formula is C27H32Br2N2. The first-order valence-electron chi connectivity index (χ1n) is 12.2. The normalized spacial score (nSPS) is 30.0. The van der Waals surface area contributed by atoms with E-state index in [-0.39, 0.29) is 0 Å². The minimum atomic E-state index is 0.739. The Morgan fingerprint density at radius 2 is 1.16 bits per heavy atom. The zero-order valence-electron chi connectivity index (χ0n) is 18.2. The molecule has 4 atom stereocenters. The Hall–Kier alpha value is -0.680. The average Bonchev–Trinajstić information content (AvgIpc) is 3.38. The number of hydrogen-bond acceptors (Lipinski definition) is 2. The van der Waals surface area contributed by atoms with E-state index in [0.717, 1.165) is 23.9 Å². The van der Waals surface area contributed by atoms with Gasteiger partial charge in [-0.25, -0.2) is 0 Å². The highest BCUT2D eigenvalue weighted by Gasteiger charge is 2.41. The summed E-state index contributed by atoms with van der Waals surface area (Å²) in [6.45, 7) is 5.11. The molecule has 6 rings (SSSR count). The Morgan fingerprint density at radius 3 is 1.65 bits per heavy atom. The molecule has 0 saturated carbocycles. The molecule has 4 heteroatoms. The van der Waals surface area contributed by atoms with Gasteiger partial charge in [-0.2, -0.15) is 0 Å². The van der Waals surface area contributed by atoms with Crippen molar-refractivity contribution in [2.24, 2.45) is 0 Å². The third-order valence-corrected chi connectivity index (χ3v) is 10.0. The predicted octanol–water partition coefficient (Wildman–Crippen LogP) is 6.51. The molecule has 2 aromatic rings. The van der Waals surface area contributed by atoms with Crippen LogP contribution in [0.3, 0.4) is 0 Å². The third-order valence-electron chi connectivity index (χ3n) is 8.66. The summed E-state index contributed by atoms with van der Waals surface area (Å²) in [6, 6.07) is 15.1. The van der Waals surface area contributed by atoms with Crippen molar-refractivity contribution in [1.29, 1.82) is 0 Å². The molecule has 0 aromatic heterocycles. The first-order chi connectivity index (χ1) is 15.2. The third kappa shape index (κ3) is 3.66. The van der Waals surface area contributed by atoms with Crippen molar-refractivity contribution in [3.63, 3.8) is 0 Å². The Morgan fingerprint density at radius 1 is 0.677 bits per heavy atom. The maximum Gasteiger partial charge on any atom is 0.0213 e. The van der Waals surface area contributed by atoms with Crippen LogP contribution in [0.25, 0.3) is 0 Å². The fourth-order valence-corrected chi connectivity index (χ4v) is 8.75. The quantitative estimate of drug-likeness (QED) is 0.433. The second-order valence-electron chi connectivity index (χ2n) is 10.1. The zero-order valence-corrected chi connectivity index (χ0v) is 21.4. The lowest BCUT2D eigenvalue weighted by atomic mass is 9.79. The number of rotatable bonds is 4. The molecule has 2 aromatic carbocycles. The van der Waals surface area contributed by atoms with Crippen LogP contribution in [0.15, 0.2) is 45.3 Å². The molecule has 2 saturated heterocycles. The fraction of sp³-hybridized carbons (Fsp3) is 0.556. The van der Waals surface area contributed by atoms with Gasteiger partial charge >= 0.3 is 0 Å². The Bertz CT molecular complexity index is 896. The summed E-state index contributed by atoms with van der Waals surface area (Å²) in [7, 11) is 0.